The second-order valence-electron chi connectivity index (χ2n) is 20.7. The molecule has 6 N–H and O–H groups in total. The van der Waals surface area contributed by atoms with Gasteiger partial charge in [0.2, 0.25) is 17.8 Å². The zero-order valence-corrected chi connectivity index (χ0v) is 43.2. The summed E-state index contributed by atoms with van der Waals surface area (Å²) in [6.45, 7) is 14.6. The zero-order chi connectivity index (χ0) is 52.3. The number of phenols is 3. The Bertz CT molecular complexity index is 3180. The summed E-state index contributed by atoms with van der Waals surface area (Å²) in [5.74, 6) is 2.25. The maximum atomic E-state index is 13.3. The summed E-state index contributed by atoms with van der Waals surface area (Å²) in [6, 6.07) is 30.8. The normalized spacial score (nSPS) is 15.8. The van der Waals surface area contributed by atoms with Crippen LogP contribution in [-0.2, 0) is 35.5 Å². The van der Waals surface area contributed by atoms with Crippen LogP contribution in [0.1, 0.15) is 92.4 Å². The van der Waals surface area contributed by atoms with Crippen molar-refractivity contribution in [3.05, 3.63) is 131 Å². The summed E-state index contributed by atoms with van der Waals surface area (Å²) in [7, 11) is 0. The third kappa shape index (κ3) is 11.3. The number of carbonyl (C=O) groups is 2. The maximum Gasteiger partial charge on any atom is 0.319 e. The van der Waals surface area contributed by atoms with Crippen molar-refractivity contribution in [2.24, 2.45) is 5.92 Å². The van der Waals surface area contributed by atoms with E-state index in [9.17, 15) is 30.0 Å². The highest BCUT2D eigenvalue weighted by atomic mass is 16.3. The molecule has 0 bridgehead atoms. The molecule has 0 saturated carbocycles. The van der Waals surface area contributed by atoms with Gasteiger partial charge in [-0.1, -0.05) is 79.6 Å². The minimum Gasteiger partial charge on any atom is -0.508 e. The number of phenolic OH excluding ortho intramolecular Hbond substituents is 3. The Hall–Kier alpha value is -7.92. The monoisotopic (exact) mass is 1010 g/mol. The van der Waals surface area contributed by atoms with E-state index in [1.54, 1.807) is 19.1 Å². The number of rotatable bonds is 15. The first-order chi connectivity index (χ1) is 36.2. The summed E-state index contributed by atoms with van der Waals surface area (Å²) in [5, 5.41) is 59.1. The average molecular weight is 1010 g/mol. The lowest BCUT2D eigenvalue weighted by Crippen LogP contribution is -2.49. The Balaban J connectivity index is 0.704. The van der Waals surface area contributed by atoms with Gasteiger partial charge in [-0.15, -0.1) is 5.10 Å². The van der Waals surface area contributed by atoms with E-state index in [1.165, 1.54) is 21.8 Å². The second-order valence-corrected chi connectivity index (χ2v) is 20.7. The van der Waals surface area contributed by atoms with E-state index in [2.05, 4.69) is 78.0 Å². The van der Waals surface area contributed by atoms with Crippen LogP contribution in [0.15, 0.2) is 97.1 Å². The van der Waals surface area contributed by atoms with E-state index >= 15 is 0 Å². The Morgan fingerprint density at radius 2 is 1.49 bits per heavy atom. The van der Waals surface area contributed by atoms with Crippen LogP contribution < -0.4 is 20.4 Å². The first-order valence-electron chi connectivity index (χ1n) is 26.3. The Kier molecular flexibility index (Phi) is 14.8. The van der Waals surface area contributed by atoms with Crippen LogP contribution in [0.4, 0.5) is 17.5 Å². The van der Waals surface area contributed by atoms with Crippen molar-refractivity contribution in [3.8, 4) is 40.3 Å². The number of benzene rings is 5. The van der Waals surface area contributed by atoms with Crippen molar-refractivity contribution < 1.29 is 30.0 Å². The molecule has 10 rings (SSSR count). The van der Waals surface area contributed by atoms with Crippen molar-refractivity contribution in [1.82, 2.24) is 39.8 Å². The minimum absolute atomic E-state index is 0.00562. The van der Waals surface area contributed by atoms with Gasteiger partial charge in [0.1, 0.15) is 23.1 Å². The van der Waals surface area contributed by atoms with Gasteiger partial charge < -0.3 is 45.8 Å². The second kappa shape index (κ2) is 21.9. The molecule has 5 aromatic carbocycles. The Labute approximate surface area is 437 Å². The van der Waals surface area contributed by atoms with E-state index in [4.69, 9.17) is 9.97 Å². The molecule has 0 aliphatic carbocycles. The predicted octanol–water partition coefficient (Wildman–Crippen LogP) is 8.19. The van der Waals surface area contributed by atoms with Crippen molar-refractivity contribution in [1.29, 1.82) is 0 Å². The molecule has 2 fully saturated rings. The van der Waals surface area contributed by atoms with E-state index < -0.39 is 0 Å². The van der Waals surface area contributed by atoms with Crippen LogP contribution in [0, 0.1) is 5.92 Å². The number of aromatic nitrogens is 5. The molecular weight excluding hydrogens is 947 g/mol. The average Bonchev–Trinajstić information content (AvgIpc) is 3.79. The number of amides is 2. The predicted molar refractivity (Wildman–Crippen MR) is 291 cm³/mol. The van der Waals surface area contributed by atoms with Gasteiger partial charge in [0.05, 0.1) is 29.5 Å². The molecule has 17 nitrogen and oxygen atoms in total. The summed E-state index contributed by atoms with van der Waals surface area (Å²) in [4.78, 5) is 44.4. The van der Waals surface area contributed by atoms with Gasteiger partial charge >= 0.3 is 6.01 Å². The topological polar surface area (TPSA) is 209 Å². The van der Waals surface area contributed by atoms with E-state index in [0.717, 1.165) is 91.0 Å². The third-order valence-electron chi connectivity index (χ3n) is 15.2. The van der Waals surface area contributed by atoms with Gasteiger partial charge in [-0.05, 0) is 109 Å². The van der Waals surface area contributed by atoms with Crippen LogP contribution in [0.3, 0.4) is 0 Å². The zero-order valence-electron chi connectivity index (χ0n) is 43.2. The number of piperidine rings is 1. The molecule has 75 heavy (non-hydrogen) atoms. The smallest absolute Gasteiger partial charge is 0.319 e. The van der Waals surface area contributed by atoms with Gasteiger partial charge in [-0.25, -0.2) is 9.55 Å². The Morgan fingerprint density at radius 1 is 0.760 bits per heavy atom. The number of likely N-dealkylation sites (tertiary alicyclic amines) is 1. The number of nitrogens with one attached hydrogen (secondary N) is 2. The van der Waals surface area contributed by atoms with Crippen molar-refractivity contribution >= 4 is 40.0 Å². The molecule has 5 heterocycles. The summed E-state index contributed by atoms with van der Waals surface area (Å²) < 4.78 is 1.50. The van der Waals surface area contributed by atoms with E-state index in [0.29, 0.717) is 67.9 Å². The number of piperazine rings is 1. The molecule has 17 heteroatoms. The number of fused-ring (bicyclic) bond motifs is 2. The first-order valence-corrected chi connectivity index (χ1v) is 26.3. The lowest BCUT2D eigenvalue weighted by molar-refractivity contribution is -0.129. The summed E-state index contributed by atoms with van der Waals surface area (Å²) in [6.07, 6.45) is 4.08. The molecule has 2 aromatic heterocycles. The Morgan fingerprint density at radius 3 is 2.23 bits per heavy atom. The van der Waals surface area contributed by atoms with Crippen LogP contribution in [0.5, 0.6) is 23.3 Å². The largest absolute Gasteiger partial charge is 0.508 e. The minimum atomic E-state index is -0.290. The highest BCUT2D eigenvalue weighted by molar-refractivity contribution is 5.95. The number of carbonyl (C=O) groups excluding carboxylic acids is 2. The maximum absolute atomic E-state index is 13.3. The molecule has 0 spiro atoms. The molecule has 2 amide bonds. The summed E-state index contributed by atoms with van der Waals surface area (Å²) in [5.41, 5.74) is 8.13. The van der Waals surface area contributed by atoms with Gasteiger partial charge in [0.15, 0.2) is 5.82 Å². The standard InChI is InChI=1S/C58H67N11O6/c1-36(2)48-32-49(53(73)33-52(48)72)56-63-64-58(75)69(56)44-15-11-39(12-16-44)29-40-18-22-65(23-19-40)34-41-9-13-42(14-10-41)37(3)60-54(74)17-21-59-57-61-50-35-68(51-31-45(71)30-43-7-5-6-8-46(43)51)24-20-47(50)55(62-57)67-27-25-66(26-28-67)38(4)70/h5-16,30-33,36-37,40,71-73H,17-29,34-35H2,1-4H3,(H,60,74)(H,64,75)(H,59,61,62)/t37-/m1/s1. The van der Waals surface area contributed by atoms with Crippen LogP contribution in [-0.4, -0.2) is 119 Å². The number of nitrogens with zero attached hydrogens (tertiary/aromatic N) is 9. The summed E-state index contributed by atoms with van der Waals surface area (Å²) >= 11 is 0. The van der Waals surface area contributed by atoms with Gasteiger partial charge in [-0.2, -0.15) is 4.98 Å². The number of anilines is 3. The molecule has 2 saturated heterocycles. The molecule has 7 aromatic rings. The highest BCUT2D eigenvalue weighted by Crippen LogP contribution is 2.40. The van der Waals surface area contributed by atoms with E-state index in [1.807, 2.05) is 62.1 Å². The molecule has 1 atom stereocenters. The lowest BCUT2D eigenvalue weighted by atomic mass is 9.90. The van der Waals surface area contributed by atoms with Crippen molar-refractivity contribution in [2.75, 3.05) is 67.5 Å². The van der Waals surface area contributed by atoms with Crippen LogP contribution in [0.25, 0.3) is 27.8 Å². The van der Waals surface area contributed by atoms with Gasteiger partial charge in [0, 0.05) is 87.9 Å². The quantitative estimate of drug-likeness (QED) is 0.0573. The lowest BCUT2D eigenvalue weighted by Gasteiger charge is -2.38. The fourth-order valence-corrected chi connectivity index (χ4v) is 11.0. The van der Waals surface area contributed by atoms with Crippen molar-refractivity contribution in [3.63, 3.8) is 0 Å². The van der Waals surface area contributed by atoms with Crippen LogP contribution >= 0.6 is 0 Å². The van der Waals surface area contributed by atoms with Gasteiger partial charge in [-0.3, -0.25) is 14.5 Å². The number of hydrogen-bond acceptors (Lipinski definition) is 14. The molecule has 0 unspecified atom stereocenters. The molecule has 0 radical (unpaired) electrons. The molecule has 3 aliphatic heterocycles. The van der Waals surface area contributed by atoms with Crippen LogP contribution in [0.2, 0.25) is 0 Å². The molecular formula is C58H67N11O6. The SMILES string of the molecule is CC(=O)N1CCN(c2nc(NCCC(=O)N[C@H](C)c3ccc(CN4CCC(Cc5ccc(-n6c(O)nnc6-c6cc(C(C)C)c(O)cc6O)cc5)CC4)cc3)nc3c2CCN(c2cc(O)cc4ccccc24)C3)CC1. The van der Waals surface area contributed by atoms with Gasteiger partial charge in [0.25, 0.3) is 0 Å². The van der Waals surface area contributed by atoms with Crippen molar-refractivity contribution in [2.45, 2.75) is 84.8 Å². The highest BCUT2D eigenvalue weighted by Gasteiger charge is 2.29. The third-order valence-corrected chi connectivity index (χ3v) is 15.2. The van der Waals surface area contributed by atoms with E-state index in [-0.39, 0.29) is 59.3 Å². The molecule has 390 valence electrons. The number of aromatic hydroxyl groups is 4. The number of hydrogen-bond donors (Lipinski definition) is 6. The first kappa shape index (κ1) is 50.6. The molecule has 3 aliphatic rings. The fourth-order valence-electron chi connectivity index (χ4n) is 11.0. The fraction of sp³-hybridized carbons (Fsp3) is 0.379.